The Balaban J connectivity index is 2.48. The van der Waals surface area contributed by atoms with Crippen LogP contribution in [0.25, 0.3) is 0 Å². The summed E-state index contributed by atoms with van der Waals surface area (Å²) in [4.78, 5) is 11.9. The summed E-state index contributed by atoms with van der Waals surface area (Å²) in [6, 6.07) is 0.223. The number of hydrogen-bond donors (Lipinski definition) is 2. The zero-order valence-electron chi connectivity index (χ0n) is 14.2. The van der Waals surface area contributed by atoms with Gasteiger partial charge in [-0.05, 0) is 53.9 Å². The lowest BCUT2D eigenvalue weighted by molar-refractivity contribution is -0.129. The first-order valence-electron chi connectivity index (χ1n) is 7.98. The highest BCUT2D eigenvalue weighted by Crippen LogP contribution is 2.30. The fraction of sp³-hybridized carbons (Fsp3) is 0.938. The normalized spacial score (nSPS) is 27.0. The number of nitrogens with one attached hydrogen (secondary N) is 1. The Hall–Kier alpha value is -0.650. The first-order chi connectivity index (χ1) is 9.65. The van der Waals surface area contributed by atoms with Gasteiger partial charge in [-0.3, -0.25) is 4.79 Å². The minimum absolute atomic E-state index is 0.0704. The summed E-state index contributed by atoms with van der Waals surface area (Å²) < 4.78 is 11.5. The number of nitrogens with two attached hydrogens (primary N) is 1. The molecular formula is C16H32N2O3. The van der Waals surface area contributed by atoms with Crippen LogP contribution in [0, 0.1) is 0 Å². The number of carbonyl (C=O) groups is 1. The Kier molecular flexibility index (Phi) is 6.63. The molecule has 124 valence electrons. The Morgan fingerprint density at radius 2 is 2.05 bits per heavy atom. The molecule has 21 heavy (non-hydrogen) atoms. The molecule has 1 aliphatic rings. The van der Waals surface area contributed by atoms with E-state index in [-0.39, 0.29) is 23.7 Å². The molecule has 0 aromatic heterocycles. The van der Waals surface area contributed by atoms with Crippen molar-refractivity contribution < 1.29 is 14.3 Å². The van der Waals surface area contributed by atoms with Gasteiger partial charge in [0.05, 0.1) is 24.9 Å². The largest absolute Gasteiger partial charge is 0.376 e. The van der Waals surface area contributed by atoms with E-state index >= 15 is 0 Å². The van der Waals surface area contributed by atoms with E-state index in [0.29, 0.717) is 19.6 Å². The van der Waals surface area contributed by atoms with Gasteiger partial charge >= 0.3 is 0 Å². The van der Waals surface area contributed by atoms with Crippen LogP contribution in [0.15, 0.2) is 0 Å². The average molecular weight is 300 g/mol. The van der Waals surface area contributed by atoms with E-state index in [9.17, 15) is 4.79 Å². The summed E-state index contributed by atoms with van der Waals surface area (Å²) in [6.45, 7) is 11.3. The summed E-state index contributed by atoms with van der Waals surface area (Å²) in [5.41, 5.74) is 4.87. The van der Waals surface area contributed by atoms with E-state index in [1.54, 1.807) is 0 Å². The Labute approximate surface area is 128 Å². The molecular weight excluding hydrogens is 268 g/mol. The molecule has 5 nitrogen and oxygen atoms in total. The molecule has 0 aromatic rings. The average Bonchev–Trinajstić information content (AvgIpc) is 2.33. The second kappa shape index (κ2) is 7.56. The van der Waals surface area contributed by atoms with E-state index in [1.807, 2.05) is 34.6 Å². The molecule has 0 heterocycles. The van der Waals surface area contributed by atoms with Gasteiger partial charge < -0.3 is 20.5 Å². The van der Waals surface area contributed by atoms with Crippen molar-refractivity contribution in [1.29, 1.82) is 0 Å². The lowest BCUT2D eigenvalue weighted by Crippen LogP contribution is -2.60. The summed E-state index contributed by atoms with van der Waals surface area (Å²) in [5.74, 6) is -0.268. The molecule has 1 rings (SSSR count). The van der Waals surface area contributed by atoms with Crippen molar-refractivity contribution in [2.45, 2.75) is 83.6 Å². The number of hydrogen-bond acceptors (Lipinski definition) is 4. The summed E-state index contributed by atoms with van der Waals surface area (Å²) in [5, 5.41) is 3.35. The molecule has 1 aliphatic carbocycles. The highest BCUT2D eigenvalue weighted by Gasteiger charge is 2.42. The maximum absolute atomic E-state index is 11.9. The monoisotopic (exact) mass is 300 g/mol. The Bertz CT molecular complexity index is 339. The van der Waals surface area contributed by atoms with Gasteiger partial charge in [0.15, 0.2) is 0 Å². The van der Waals surface area contributed by atoms with Crippen LogP contribution in [-0.2, 0) is 14.3 Å². The minimum Gasteiger partial charge on any atom is -0.376 e. The first kappa shape index (κ1) is 18.4. The van der Waals surface area contributed by atoms with Crippen LogP contribution < -0.4 is 11.1 Å². The molecule has 0 saturated heterocycles. The van der Waals surface area contributed by atoms with Crippen LogP contribution >= 0.6 is 0 Å². The predicted octanol–water partition coefficient (Wildman–Crippen LogP) is 1.98. The molecule has 0 spiro atoms. The molecule has 2 atom stereocenters. The number of amides is 1. The van der Waals surface area contributed by atoms with Gasteiger partial charge in [-0.15, -0.1) is 0 Å². The molecule has 0 radical (unpaired) electrons. The molecule has 1 saturated carbocycles. The highest BCUT2D eigenvalue weighted by atomic mass is 16.5. The van der Waals surface area contributed by atoms with Crippen LogP contribution in [0.2, 0.25) is 0 Å². The van der Waals surface area contributed by atoms with Crippen LogP contribution in [0.4, 0.5) is 0 Å². The highest BCUT2D eigenvalue weighted by molar-refractivity contribution is 5.84. The Morgan fingerprint density at radius 3 is 2.57 bits per heavy atom. The van der Waals surface area contributed by atoms with Crippen LogP contribution in [-0.4, -0.2) is 42.4 Å². The minimum atomic E-state index is -0.623. The third-order valence-electron chi connectivity index (χ3n) is 3.71. The smallest absolute Gasteiger partial charge is 0.237 e. The molecule has 0 aliphatic heterocycles. The molecule has 0 bridgehead atoms. The zero-order valence-corrected chi connectivity index (χ0v) is 14.2. The van der Waals surface area contributed by atoms with Crippen molar-refractivity contribution >= 4 is 5.91 Å². The molecule has 2 unspecified atom stereocenters. The number of carbonyl (C=O) groups excluding carboxylic acids is 1. The molecule has 1 fully saturated rings. The van der Waals surface area contributed by atoms with Crippen LogP contribution in [0.1, 0.15) is 60.3 Å². The molecule has 1 amide bonds. The third-order valence-corrected chi connectivity index (χ3v) is 3.71. The van der Waals surface area contributed by atoms with Crippen molar-refractivity contribution in [1.82, 2.24) is 5.32 Å². The summed E-state index contributed by atoms with van der Waals surface area (Å²) >= 11 is 0. The maximum atomic E-state index is 11.9. The van der Waals surface area contributed by atoms with E-state index < -0.39 is 5.54 Å². The van der Waals surface area contributed by atoms with Crippen LogP contribution in [0.5, 0.6) is 0 Å². The maximum Gasteiger partial charge on any atom is 0.237 e. The van der Waals surface area contributed by atoms with Gasteiger partial charge in [0.25, 0.3) is 0 Å². The van der Waals surface area contributed by atoms with Gasteiger partial charge in [-0.2, -0.15) is 0 Å². The summed E-state index contributed by atoms with van der Waals surface area (Å²) in [6.07, 6.45) is 3.44. The van der Waals surface area contributed by atoms with Gasteiger partial charge in [-0.25, -0.2) is 0 Å². The Morgan fingerprint density at radius 1 is 1.38 bits per heavy atom. The first-order valence-corrected chi connectivity index (χ1v) is 7.98. The van der Waals surface area contributed by atoms with Crippen molar-refractivity contribution in [2.24, 2.45) is 5.73 Å². The van der Waals surface area contributed by atoms with Crippen molar-refractivity contribution in [2.75, 3.05) is 13.2 Å². The lowest BCUT2D eigenvalue weighted by atomic mass is 9.79. The predicted molar refractivity (Wildman–Crippen MR) is 84.1 cm³/mol. The van der Waals surface area contributed by atoms with Gasteiger partial charge in [0, 0.05) is 12.5 Å². The van der Waals surface area contributed by atoms with E-state index in [2.05, 4.69) is 5.32 Å². The van der Waals surface area contributed by atoms with Crippen molar-refractivity contribution in [3.05, 3.63) is 0 Å². The second-order valence-corrected chi connectivity index (χ2v) is 7.30. The second-order valence-electron chi connectivity index (χ2n) is 7.30. The van der Waals surface area contributed by atoms with Gasteiger partial charge in [0.2, 0.25) is 5.91 Å². The van der Waals surface area contributed by atoms with Crippen LogP contribution in [0.3, 0.4) is 0 Å². The standard InChI is InChI=1S/C16H32N2O3/c1-12(2)18-16(14(17)19)8-6-7-13(11-16)20-9-10-21-15(3,4)5/h12-13,18H,6-11H2,1-5H3,(H2,17,19). The SMILES string of the molecule is CC(C)NC1(C(N)=O)CCCC(OCCOC(C)(C)C)C1. The van der Waals surface area contributed by atoms with Gasteiger partial charge in [-0.1, -0.05) is 0 Å². The molecule has 3 N–H and O–H groups in total. The fourth-order valence-electron chi connectivity index (χ4n) is 2.91. The number of ether oxygens (including phenoxy) is 2. The van der Waals surface area contributed by atoms with E-state index in [4.69, 9.17) is 15.2 Å². The lowest BCUT2D eigenvalue weighted by Gasteiger charge is -2.40. The van der Waals surface area contributed by atoms with Crippen molar-refractivity contribution in [3.63, 3.8) is 0 Å². The van der Waals surface area contributed by atoms with E-state index in [1.165, 1.54) is 0 Å². The number of rotatable bonds is 7. The van der Waals surface area contributed by atoms with Crippen molar-refractivity contribution in [3.8, 4) is 0 Å². The van der Waals surface area contributed by atoms with E-state index in [0.717, 1.165) is 19.3 Å². The fourth-order valence-corrected chi connectivity index (χ4v) is 2.91. The molecule has 5 heteroatoms. The van der Waals surface area contributed by atoms with Gasteiger partial charge in [0.1, 0.15) is 5.54 Å². The third kappa shape index (κ3) is 6.32. The topological polar surface area (TPSA) is 73.6 Å². The number of primary amides is 1. The summed E-state index contributed by atoms with van der Waals surface area (Å²) in [7, 11) is 0. The zero-order chi connectivity index (χ0) is 16.1. The molecule has 0 aromatic carbocycles. The quantitative estimate of drug-likeness (QED) is 0.705.